The van der Waals surface area contributed by atoms with Gasteiger partial charge in [-0.1, -0.05) is 0 Å². The Morgan fingerprint density at radius 1 is 1.53 bits per heavy atom. The Balaban J connectivity index is 2.35. The van der Waals surface area contributed by atoms with E-state index < -0.39 is 0 Å². The van der Waals surface area contributed by atoms with Crippen molar-refractivity contribution in [2.75, 3.05) is 20.6 Å². The second-order valence-corrected chi connectivity index (χ2v) is 4.32. The first-order valence-electron chi connectivity index (χ1n) is 5.37. The van der Waals surface area contributed by atoms with Gasteiger partial charge in [0, 0.05) is 37.4 Å². The molecular formula is C11H22N4. The van der Waals surface area contributed by atoms with Crippen molar-refractivity contribution in [1.82, 2.24) is 20.0 Å². The Morgan fingerprint density at radius 3 is 2.67 bits per heavy atom. The van der Waals surface area contributed by atoms with E-state index in [-0.39, 0.29) is 0 Å². The van der Waals surface area contributed by atoms with E-state index in [1.54, 1.807) is 0 Å². The highest BCUT2D eigenvalue weighted by molar-refractivity contribution is 5.15. The monoisotopic (exact) mass is 210 g/mol. The summed E-state index contributed by atoms with van der Waals surface area (Å²) in [5, 5.41) is 7.66. The molecule has 0 saturated heterocycles. The van der Waals surface area contributed by atoms with Crippen molar-refractivity contribution in [3.05, 3.63) is 17.5 Å². The summed E-state index contributed by atoms with van der Waals surface area (Å²) < 4.78 is 1.91. The van der Waals surface area contributed by atoms with Gasteiger partial charge in [0.05, 0.1) is 6.20 Å². The number of likely N-dealkylation sites (N-methyl/N-ethyl adjacent to an activating group) is 1. The number of nitrogens with one attached hydrogen (secondary N) is 1. The first-order chi connectivity index (χ1) is 7.02. The van der Waals surface area contributed by atoms with Crippen molar-refractivity contribution in [2.45, 2.75) is 26.4 Å². The van der Waals surface area contributed by atoms with Crippen molar-refractivity contribution in [3.63, 3.8) is 0 Å². The van der Waals surface area contributed by atoms with Crippen LogP contribution in [0.3, 0.4) is 0 Å². The molecule has 0 saturated carbocycles. The summed E-state index contributed by atoms with van der Waals surface area (Å²) in [5.41, 5.74) is 2.52. The molecule has 0 fully saturated rings. The lowest BCUT2D eigenvalue weighted by molar-refractivity contribution is 0.302. The molecule has 0 aliphatic heterocycles. The lowest BCUT2D eigenvalue weighted by atomic mass is 10.2. The zero-order valence-corrected chi connectivity index (χ0v) is 10.4. The van der Waals surface area contributed by atoms with Crippen LogP contribution in [-0.4, -0.2) is 41.4 Å². The summed E-state index contributed by atoms with van der Waals surface area (Å²) in [6, 6.07) is 0.557. The molecule has 4 nitrogen and oxygen atoms in total. The molecule has 1 aromatic rings. The van der Waals surface area contributed by atoms with E-state index in [0.717, 1.165) is 13.1 Å². The maximum atomic E-state index is 4.22. The predicted molar refractivity (Wildman–Crippen MR) is 62.8 cm³/mol. The van der Waals surface area contributed by atoms with Crippen LogP contribution in [0.5, 0.6) is 0 Å². The lowest BCUT2D eigenvalue weighted by Gasteiger charge is -2.19. The number of aromatic nitrogens is 2. The van der Waals surface area contributed by atoms with E-state index in [2.05, 4.69) is 43.3 Å². The van der Waals surface area contributed by atoms with Gasteiger partial charge in [-0.3, -0.25) is 4.68 Å². The Labute approximate surface area is 92.3 Å². The molecule has 0 bridgehead atoms. The lowest BCUT2D eigenvalue weighted by Crippen LogP contribution is -2.35. The molecule has 0 aliphatic carbocycles. The van der Waals surface area contributed by atoms with Gasteiger partial charge in [0.1, 0.15) is 0 Å². The molecule has 0 aliphatic rings. The maximum Gasteiger partial charge on any atom is 0.0537 e. The summed E-state index contributed by atoms with van der Waals surface area (Å²) in [6.07, 6.45) is 1.93. The molecule has 0 spiro atoms. The number of aryl methyl sites for hydroxylation is 1. The van der Waals surface area contributed by atoms with Crippen molar-refractivity contribution >= 4 is 0 Å². The van der Waals surface area contributed by atoms with Crippen molar-refractivity contribution in [3.8, 4) is 0 Å². The van der Waals surface area contributed by atoms with Gasteiger partial charge in [-0.2, -0.15) is 5.10 Å². The van der Waals surface area contributed by atoms with Gasteiger partial charge in [-0.15, -0.1) is 0 Å². The molecule has 1 aromatic heterocycles. The van der Waals surface area contributed by atoms with Gasteiger partial charge in [-0.25, -0.2) is 0 Å². The standard InChI is InChI=1S/C11H22N4/c1-9(14(3)4)6-12-7-11-8-13-15(5)10(11)2/h8-9,12H,6-7H2,1-5H3. The van der Waals surface area contributed by atoms with Crippen molar-refractivity contribution in [2.24, 2.45) is 7.05 Å². The maximum absolute atomic E-state index is 4.22. The Bertz CT molecular complexity index is 304. The molecule has 1 N–H and O–H groups in total. The summed E-state index contributed by atoms with van der Waals surface area (Å²) in [6.45, 7) is 6.21. The molecule has 1 atom stereocenters. The summed E-state index contributed by atoms with van der Waals surface area (Å²) >= 11 is 0. The van der Waals surface area contributed by atoms with E-state index in [0.29, 0.717) is 6.04 Å². The van der Waals surface area contributed by atoms with Crippen LogP contribution in [0.2, 0.25) is 0 Å². The van der Waals surface area contributed by atoms with Crippen LogP contribution in [0.4, 0.5) is 0 Å². The normalized spacial score (nSPS) is 13.5. The third kappa shape index (κ3) is 3.32. The fraction of sp³-hybridized carbons (Fsp3) is 0.727. The van der Waals surface area contributed by atoms with Gasteiger partial charge >= 0.3 is 0 Å². The van der Waals surface area contributed by atoms with Crippen LogP contribution in [0.25, 0.3) is 0 Å². The number of hydrogen-bond donors (Lipinski definition) is 1. The van der Waals surface area contributed by atoms with Crippen LogP contribution < -0.4 is 5.32 Å². The highest BCUT2D eigenvalue weighted by Crippen LogP contribution is 2.04. The number of hydrogen-bond acceptors (Lipinski definition) is 3. The second-order valence-electron chi connectivity index (χ2n) is 4.32. The summed E-state index contributed by atoms with van der Waals surface area (Å²) in [4.78, 5) is 2.21. The minimum atomic E-state index is 0.557. The average Bonchev–Trinajstić information content (AvgIpc) is 2.49. The van der Waals surface area contributed by atoms with Crippen molar-refractivity contribution in [1.29, 1.82) is 0 Å². The first-order valence-corrected chi connectivity index (χ1v) is 5.37. The summed E-state index contributed by atoms with van der Waals surface area (Å²) in [7, 11) is 6.17. The minimum absolute atomic E-state index is 0.557. The highest BCUT2D eigenvalue weighted by Gasteiger charge is 2.05. The van der Waals surface area contributed by atoms with E-state index >= 15 is 0 Å². The quantitative estimate of drug-likeness (QED) is 0.779. The molecule has 0 radical (unpaired) electrons. The molecule has 15 heavy (non-hydrogen) atoms. The van der Waals surface area contributed by atoms with Crippen LogP contribution in [0.15, 0.2) is 6.20 Å². The average molecular weight is 210 g/mol. The summed E-state index contributed by atoms with van der Waals surface area (Å²) in [5.74, 6) is 0. The second kappa shape index (κ2) is 5.28. The molecule has 4 heteroatoms. The van der Waals surface area contributed by atoms with Gasteiger partial charge in [-0.05, 0) is 27.9 Å². The third-order valence-corrected chi connectivity index (χ3v) is 2.97. The predicted octanol–water partition coefficient (Wildman–Crippen LogP) is 0.768. The minimum Gasteiger partial charge on any atom is -0.311 e. The van der Waals surface area contributed by atoms with Gasteiger partial charge in [0.2, 0.25) is 0 Å². The molecule has 0 aromatic carbocycles. The van der Waals surface area contributed by atoms with Gasteiger partial charge in [0.25, 0.3) is 0 Å². The van der Waals surface area contributed by atoms with Crippen LogP contribution >= 0.6 is 0 Å². The molecule has 1 heterocycles. The topological polar surface area (TPSA) is 33.1 Å². The smallest absolute Gasteiger partial charge is 0.0537 e. The van der Waals surface area contributed by atoms with E-state index in [1.165, 1.54) is 11.3 Å². The molecule has 86 valence electrons. The van der Waals surface area contributed by atoms with Crippen LogP contribution in [0.1, 0.15) is 18.2 Å². The zero-order chi connectivity index (χ0) is 11.4. The Hall–Kier alpha value is -0.870. The molecular weight excluding hydrogens is 188 g/mol. The zero-order valence-electron chi connectivity index (χ0n) is 10.4. The fourth-order valence-corrected chi connectivity index (χ4v) is 1.32. The van der Waals surface area contributed by atoms with Crippen LogP contribution in [0, 0.1) is 6.92 Å². The van der Waals surface area contributed by atoms with Crippen molar-refractivity contribution < 1.29 is 0 Å². The molecule has 1 rings (SSSR count). The third-order valence-electron chi connectivity index (χ3n) is 2.97. The van der Waals surface area contributed by atoms with E-state index in [9.17, 15) is 0 Å². The molecule has 1 unspecified atom stereocenters. The highest BCUT2D eigenvalue weighted by atomic mass is 15.3. The van der Waals surface area contributed by atoms with Crippen LogP contribution in [-0.2, 0) is 13.6 Å². The Kier molecular flexibility index (Phi) is 4.29. The fourth-order valence-electron chi connectivity index (χ4n) is 1.32. The number of nitrogens with zero attached hydrogens (tertiary/aromatic N) is 3. The molecule has 0 amide bonds. The van der Waals surface area contributed by atoms with E-state index in [1.807, 2.05) is 17.9 Å². The SMILES string of the molecule is Cc1c(CNCC(C)N(C)C)cnn1C. The Morgan fingerprint density at radius 2 is 2.20 bits per heavy atom. The van der Waals surface area contributed by atoms with E-state index in [4.69, 9.17) is 0 Å². The first kappa shape index (κ1) is 12.2. The van der Waals surface area contributed by atoms with Gasteiger partial charge < -0.3 is 10.2 Å². The largest absolute Gasteiger partial charge is 0.311 e. The number of rotatable bonds is 5. The van der Waals surface area contributed by atoms with Gasteiger partial charge in [0.15, 0.2) is 0 Å².